The van der Waals surface area contributed by atoms with Crippen LogP contribution in [0.5, 0.6) is 0 Å². The smallest absolute Gasteiger partial charge is 0.310 e. The highest BCUT2D eigenvalue weighted by molar-refractivity contribution is 5.73. The van der Waals surface area contributed by atoms with E-state index in [-0.39, 0.29) is 18.2 Å². The van der Waals surface area contributed by atoms with Crippen molar-refractivity contribution in [3.8, 4) is 0 Å². The molecule has 0 spiro atoms. The Morgan fingerprint density at radius 3 is 2.81 bits per heavy atom. The van der Waals surface area contributed by atoms with Gasteiger partial charge in [0.05, 0.1) is 29.9 Å². The maximum absolute atomic E-state index is 12.1. The molecule has 0 aliphatic carbocycles. The number of ether oxygens (including phenoxy) is 1. The van der Waals surface area contributed by atoms with Crippen molar-refractivity contribution in [2.75, 3.05) is 25.1 Å². The number of aliphatic carboxylic acids is 1. The number of rotatable bonds is 5. The molecule has 21 heavy (non-hydrogen) atoms. The van der Waals surface area contributed by atoms with Gasteiger partial charge in [-0.1, -0.05) is 0 Å². The van der Waals surface area contributed by atoms with Gasteiger partial charge >= 0.3 is 5.97 Å². The molecule has 1 aromatic heterocycles. The summed E-state index contributed by atoms with van der Waals surface area (Å²) in [4.78, 5) is 25.3. The molecule has 2 heterocycles. The van der Waals surface area contributed by atoms with Crippen molar-refractivity contribution < 1.29 is 14.6 Å². The zero-order chi connectivity index (χ0) is 15.6. The first-order valence-corrected chi connectivity index (χ1v) is 6.92. The molecule has 1 aromatic rings. The molecule has 2 rings (SSSR count). The highest BCUT2D eigenvalue weighted by Gasteiger charge is 2.29. The number of carboxylic acids is 1. The van der Waals surface area contributed by atoms with Gasteiger partial charge in [-0.3, -0.25) is 9.59 Å². The van der Waals surface area contributed by atoms with Crippen LogP contribution < -0.4 is 10.5 Å². The van der Waals surface area contributed by atoms with E-state index < -0.39 is 11.4 Å². The highest BCUT2D eigenvalue weighted by Crippen LogP contribution is 2.20. The van der Waals surface area contributed by atoms with Crippen LogP contribution in [0.4, 0.5) is 5.69 Å². The van der Waals surface area contributed by atoms with Crippen LogP contribution in [0.15, 0.2) is 17.1 Å². The van der Waals surface area contributed by atoms with Crippen molar-refractivity contribution in [1.82, 2.24) is 9.78 Å². The number of anilines is 1. The van der Waals surface area contributed by atoms with Gasteiger partial charge in [-0.2, -0.15) is 5.10 Å². The SMILES string of the molecule is COC1CCN(c2cnn(CC(C)(C)C(=O)O)c(=O)c2)C1. The van der Waals surface area contributed by atoms with Gasteiger partial charge in [-0.15, -0.1) is 0 Å². The molecule has 1 atom stereocenters. The van der Waals surface area contributed by atoms with Gasteiger partial charge < -0.3 is 14.7 Å². The molecule has 7 heteroatoms. The molecule has 1 saturated heterocycles. The molecule has 0 bridgehead atoms. The highest BCUT2D eigenvalue weighted by atomic mass is 16.5. The Morgan fingerprint density at radius 2 is 2.29 bits per heavy atom. The number of methoxy groups -OCH3 is 1. The lowest BCUT2D eigenvalue weighted by Crippen LogP contribution is -2.35. The minimum absolute atomic E-state index is 0.0438. The van der Waals surface area contributed by atoms with Crippen molar-refractivity contribution in [1.29, 1.82) is 0 Å². The van der Waals surface area contributed by atoms with E-state index >= 15 is 0 Å². The number of aromatic nitrogens is 2. The van der Waals surface area contributed by atoms with Gasteiger partial charge in [-0.05, 0) is 20.3 Å². The monoisotopic (exact) mass is 295 g/mol. The molecule has 0 amide bonds. The Bertz CT molecular complexity index is 582. The van der Waals surface area contributed by atoms with Crippen molar-refractivity contribution in [2.45, 2.75) is 32.9 Å². The molecule has 0 radical (unpaired) electrons. The molecule has 1 unspecified atom stereocenters. The molecule has 1 N–H and O–H groups in total. The molecule has 0 aromatic carbocycles. The zero-order valence-corrected chi connectivity index (χ0v) is 12.6. The molecule has 1 fully saturated rings. The summed E-state index contributed by atoms with van der Waals surface area (Å²) in [6, 6.07) is 1.50. The standard InChI is InChI=1S/C14H21N3O4/c1-14(2,13(19)20)9-17-12(18)6-10(7-15-17)16-5-4-11(8-16)21-3/h6-7,11H,4-5,8-9H2,1-3H3,(H,19,20). The molecular weight excluding hydrogens is 274 g/mol. The normalized spacial score (nSPS) is 19.0. The van der Waals surface area contributed by atoms with Crippen LogP contribution in [0.2, 0.25) is 0 Å². The molecule has 7 nitrogen and oxygen atoms in total. The Balaban J connectivity index is 2.15. The quantitative estimate of drug-likeness (QED) is 0.855. The summed E-state index contributed by atoms with van der Waals surface area (Å²) in [6.45, 7) is 4.75. The number of hydrogen-bond donors (Lipinski definition) is 1. The van der Waals surface area contributed by atoms with Gasteiger partial charge in [0, 0.05) is 26.3 Å². The first-order chi connectivity index (χ1) is 9.83. The van der Waals surface area contributed by atoms with Crippen LogP contribution in [0, 0.1) is 5.41 Å². The summed E-state index contributed by atoms with van der Waals surface area (Å²) in [7, 11) is 1.68. The zero-order valence-electron chi connectivity index (χ0n) is 12.6. The van der Waals surface area contributed by atoms with Gasteiger partial charge in [0.15, 0.2) is 0 Å². The third-order valence-electron chi connectivity index (χ3n) is 3.82. The first-order valence-electron chi connectivity index (χ1n) is 6.92. The molecule has 0 saturated carbocycles. The Kier molecular flexibility index (Phi) is 4.32. The summed E-state index contributed by atoms with van der Waals surface area (Å²) in [5.41, 5.74) is -0.570. The van der Waals surface area contributed by atoms with Crippen molar-refractivity contribution >= 4 is 11.7 Å². The summed E-state index contributed by atoms with van der Waals surface area (Å²) in [6.07, 6.45) is 2.71. The van der Waals surface area contributed by atoms with Crippen LogP contribution in [0.3, 0.4) is 0 Å². The second-order valence-electron chi connectivity index (χ2n) is 5.99. The summed E-state index contributed by atoms with van der Waals surface area (Å²) < 4.78 is 6.49. The van der Waals surface area contributed by atoms with E-state index in [4.69, 9.17) is 9.84 Å². The maximum atomic E-state index is 12.1. The maximum Gasteiger partial charge on any atom is 0.310 e. The Hall–Kier alpha value is -1.89. The van der Waals surface area contributed by atoms with Gasteiger partial charge in [0.2, 0.25) is 0 Å². The average Bonchev–Trinajstić information content (AvgIpc) is 2.89. The third-order valence-corrected chi connectivity index (χ3v) is 3.82. The second kappa shape index (κ2) is 5.85. The lowest BCUT2D eigenvalue weighted by Gasteiger charge is -2.21. The van der Waals surface area contributed by atoms with E-state index in [0.29, 0.717) is 0 Å². The summed E-state index contributed by atoms with van der Waals surface area (Å²) in [5, 5.41) is 13.2. The van der Waals surface area contributed by atoms with Crippen LogP contribution in [0.1, 0.15) is 20.3 Å². The molecule has 116 valence electrons. The van der Waals surface area contributed by atoms with Crippen LogP contribution >= 0.6 is 0 Å². The van der Waals surface area contributed by atoms with Crippen molar-refractivity contribution in [2.24, 2.45) is 5.41 Å². The second-order valence-corrected chi connectivity index (χ2v) is 5.99. The Morgan fingerprint density at radius 1 is 1.57 bits per heavy atom. The van der Waals surface area contributed by atoms with Crippen molar-refractivity contribution in [3.63, 3.8) is 0 Å². The Labute approximate surface area is 123 Å². The fourth-order valence-corrected chi connectivity index (χ4v) is 2.31. The van der Waals surface area contributed by atoms with Crippen molar-refractivity contribution in [3.05, 3.63) is 22.6 Å². The number of carboxylic acid groups (broad SMARTS) is 1. The predicted molar refractivity (Wildman–Crippen MR) is 77.5 cm³/mol. The predicted octanol–water partition coefficient (Wildman–Crippen LogP) is 0.579. The molecular formula is C14H21N3O4. The summed E-state index contributed by atoms with van der Waals surface area (Å²) in [5.74, 6) is -0.956. The minimum Gasteiger partial charge on any atom is -0.481 e. The number of carbonyl (C=O) groups is 1. The minimum atomic E-state index is -1.03. The van der Waals surface area contributed by atoms with E-state index in [9.17, 15) is 9.59 Å². The third kappa shape index (κ3) is 3.41. The first kappa shape index (κ1) is 15.5. The number of nitrogens with zero attached hydrogens (tertiary/aromatic N) is 3. The topological polar surface area (TPSA) is 84.7 Å². The molecule has 1 aliphatic heterocycles. The lowest BCUT2D eigenvalue weighted by molar-refractivity contribution is -0.147. The van der Waals surface area contributed by atoms with E-state index in [1.165, 1.54) is 10.7 Å². The fourth-order valence-electron chi connectivity index (χ4n) is 2.31. The average molecular weight is 295 g/mol. The van der Waals surface area contributed by atoms with E-state index in [1.807, 2.05) is 0 Å². The van der Waals surface area contributed by atoms with Gasteiger partial charge in [-0.25, -0.2) is 4.68 Å². The molecule has 1 aliphatic rings. The van der Waals surface area contributed by atoms with E-state index in [2.05, 4.69) is 10.00 Å². The fraction of sp³-hybridized carbons (Fsp3) is 0.643. The van der Waals surface area contributed by atoms with E-state index in [0.717, 1.165) is 25.2 Å². The largest absolute Gasteiger partial charge is 0.481 e. The lowest BCUT2D eigenvalue weighted by atomic mass is 9.94. The van der Waals surface area contributed by atoms with Crippen LogP contribution in [0.25, 0.3) is 0 Å². The van der Waals surface area contributed by atoms with Crippen LogP contribution in [-0.4, -0.2) is 47.2 Å². The summed E-state index contributed by atoms with van der Waals surface area (Å²) >= 11 is 0. The van der Waals surface area contributed by atoms with Gasteiger partial charge in [0.25, 0.3) is 5.56 Å². The van der Waals surface area contributed by atoms with Crippen LogP contribution in [-0.2, 0) is 16.1 Å². The van der Waals surface area contributed by atoms with E-state index in [1.54, 1.807) is 27.2 Å². The number of hydrogen-bond acceptors (Lipinski definition) is 5. The van der Waals surface area contributed by atoms with Gasteiger partial charge in [0.1, 0.15) is 0 Å².